The van der Waals surface area contributed by atoms with Crippen LogP contribution in [0.2, 0.25) is 0 Å². The smallest absolute Gasteiger partial charge is 0.0710 e. The molecule has 2 rings (SSSR count). The topological polar surface area (TPSA) is 38.6 Å². The standard InChI is InChI=1S/C14H21N3O/c1-3-8-15-13(11-18-4-2)12-10-16-17-9-6-5-7-14(12)17/h5-7,9-10,13,15H,3-4,8,11H2,1-2H3. The fourth-order valence-electron chi connectivity index (χ4n) is 2.04. The zero-order valence-electron chi connectivity index (χ0n) is 11.1. The number of rotatable bonds is 7. The number of ether oxygens (including phenoxy) is 1. The van der Waals surface area contributed by atoms with Gasteiger partial charge in [0.05, 0.1) is 24.4 Å². The summed E-state index contributed by atoms with van der Waals surface area (Å²) in [5.41, 5.74) is 2.35. The summed E-state index contributed by atoms with van der Waals surface area (Å²) in [7, 11) is 0. The third-order valence-electron chi connectivity index (χ3n) is 2.96. The molecular weight excluding hydrogens is 226 g/mol. The maximum absolute atomic E-state index is 5.57. The molecule has 0 bridgehead atoms. The Morgan fingerprint density at radius 2 is 2.28 bits per heavy atom. The third-order valence-corrected chi connectivity index (χ3v) is 2.96. The molecule has 4 heteroatoms. The molecule has 4 nitrogen and oxygen atoms in total. The number of pyridine rings is 1. The van der Waals surface area contributed by atoms with Gasteiger partial charge in [0.1, 0.15) is 0 Å². The van der Waals surface area contributed by atoms with Crippen molar-refractivity contribution < 1.29 is 4.74 Å². The fraction of sp³-hybridized carbons (Fsp3) is 0.500. The number of fused-ring (bicyclic) bond motifs is 1. The molecule has 0 amide bonds. The van der Waals surface area contributed by atoms with E-state index in [1.807, 2.05) is 36.0 Å². The van der Waals surface area contributed by atoms with Crippen LogP contribution in [0.15, 0.2) is 30.6 Å². The number of hydrogen-bond acceptors (Lipinski definition) is 3. The number of hydrogen-bond donors (Lipinski definition) is 1. The Bertz CT molecular complexity index is 473. The van der Waals surface area contributed by atoms with Gasteiger partial charge in [-0.1, -0.05) is 13.0 Å². The van der Waals surface area contributed by atoms with Gasteiger partial charge in [-0.2, -0.15) is 5.10 Å². The highest BCUT2D eigenvalue weighted by molar-refractivity contribution is 5.54. The van der Waals surface area contributed by atoms with E-state index < -0.39 is 0 Å². The molecule has 0 saturated heterocycles. The van der Waals surface area contributed by atoms with Gasteiger partial charge in [0, 0.05) is 18.4 Å². The number of nitrogens with zero attached hydrogens (tertiary/aromatic N) is 2. The molecule has 1 N–H and O–H groups in total. The van der Waals surface area contributed by atoms with Crippen molar-refractivity contribution in [3.63, 3.8) is 0 Å². The van der Waals surface area contributed by atoms with Gasteiger partial charge in [-0.3, -0.25) is 0 Å². The van der Waals surface area contributed by atoms with E-state index in [-0.39, 0.29) is 6.04 Å². The zero-order valence-corrected chi connectivity index (χ0v) is 11.1. The van der Waals surface area contributed by atoms with E-state index in [0.717, 1.165) is 25.1 Å². The van der Waals surface area contributed by atoms with E-state index in [9.17, 15) is 0 Å². The van der Waals surface area contributed by atoms with Crippen molar-refractivity contribution in [1.29, 1.82) is 0 Å². The van der Waals surface area contributed by atoms with Crippen molar-refractivity contribution in [3.05, 3.63) is 36.2 Å². The monoisotopic (exact) mass is 247 g/mol. The quantitative estimate of drug-likeness (QED) is 0.816. The minimum atomic E-state index is 0.213. The first-order valence-electron chi connectivity index (χ1n) is 6.60. The maximum atomic E-state index is 5.57. The second-order valence-electron chi connectivity index (χ2n) is 4.30. The van der Waals surface area contributed by atoms with Crippen LogP contribution >= 0.6 is 0 Å². The molecule has 18 heavy (non-hydrogen) atoms. The predicted octanol–water partition coefficient (Wildman–Crippen LogP) is 2.41. The van der Waals surface area contributed by atoms with E-state index >= 15 is 0 Å². The Balaban J connectivity index is 2.22. The summed E-state index contributed by atoms with van der Waals surface area (Å²) in [4.78, 5) is 0. The summed E-state index contributed by atoms with van der Waals surface area (Å²) < 4.78 is 7.47. The van der Waals surface area contributed by atoms with Gasteiger partial charge in [0.25, 0.3) is 0 Å². The summed E-state index contributed by atoms with van der Waals surface area (Å²) in [6, 6.07) is 6.33. The highest BCUT2D eigenvalue weighted by atomic mass is 16.5. The fourth-order valence-corrected chi connectivity index (χ4v) is 2.04. The lowest BCUT2D eigenvalue weighted by molar-refractivity contribution is 0.123. The molecule has 1 unspecified atom stereocenters. The van der Waals surface area contributed by atoms with E-state index in [2.05, 4.69) is 23.4 Å². The molecule has 0 aromatic carbocycles. The number of aromatic nitrogens is 2. The molecule has 0 saturated carbocycles. The van der Waals surface area contributed by atoms with Crippen molar-refractivity contribution in [2.75, 3.05) is 19.8 Å². The van der Waals surface area contributed by atoms with E-state index in [1.165, 1.54) is 5.56 Å². The third kappa shape index (κ3) is 2.89. The molecule has 0 aliphatic heterocycles. The lowest BCUT2D eigenvalue weighted by Gasteiger charge is -2.17. The molecular formula is C14H21N3O. The minimum absolute atomic E-state index is 0.213. The van der Waals surface area contributed by atoms with Gasteiger partial charge in [-0.05, 0) is 32.0 Å². The molecule has 98 valence electrons. The zero-order chi connectivity index (χ0) is 12.8. The van der Waals surface area contributed by atoms with Crippen LogP contribution in [0.3, 0.4) is 0 Å². The van der Waals surface area contributed by atoms with Crippen LogP contribution in [0.5, 0.6) is 0 Å². The molecule has 1 atom stereocenters. The average molecular weight is 247 g/mol. The van der Waals surface area contributed by atoms with Gasteiger partial charge < -0.3 is 10.1 Å². The Kier molecular flexibility index (Phi) is 4.73. The first-order valence-corrected chi connectivity index (χ1v) is 6.60. The first kappa shape index (κ1) is 13.1. The molecule has 0 fully saturated rings. The summed E-state index contributed by atoms with van der Waals surface area (Å²) in [5, 5.41) is 7.90. The van der Waals surface area contributed by atoms with Crippen molar-refractivity contribution in [3.8, 4) is 0 Å². The number of nitrogens with one attached hydrogen (secondary N) is 1. The van der Waals surface area contributed by atoms with Gasteiger partial charge in [-0.15, -0.1) is 0 Å². The Labute approximate surface area is 108 Å². The van der Waals surface area contributed by atoms with Gasteiger partial charge >= 0.3 is 0 Å². The van der Waals surface area contributed by atoms with Gasteiger partial charge in [0.2, 0.25) is 0 Å². The molecule has 2 aromatic heterocycles. The normalized spacial score (nSPS) is 13.0. The van der Waals surface area contributed by atoms with E-state index in [1.54, 1.807) is 0 Å². The van der Waals surface area contributed by atoms with Crippen molar-refractivity contribution in [2.24, 2.45) is 0 Å². The minimum Gasteiger partial charge on any atom is -0.380 e. The second-order valence-corrected chi connectivity index (χ2v) is 4.30. The van der Waals surface area contributed by atoms with Crippen molar-refractivity contribution >= 4 is 5.52 Å². The molecule has 0 aliphatic rings. The molecule has 2 heterocycles. The lowest BCUT2D eigenvalue weighted by atomic mass is 10.1. The van der Waals surface area contributed by atoms with E-state index in [0.29, 0.717) is 6.61 Å². The maximum Gasteiger partial charge on any atom is 0.0710 e. The highest BCUT2D eigenvalue weighted by Gasteiger charge is 2.15. The van der Waals surface area contributed by atoms with Gasteiger partial charge in [0.15, 0.2) is 0 Å². The second kappa shape index (κ2) is 6.52. The molecule has 0 aliphatic carbocycles. The van der Waals surface area contributed by atoms with Crippen LogP contribution in [0, 0.1) is 0 Å². The van der Waals surface area contributed by atoms with Crippen molar-refractivity contribution in [1.82, 2.24) is 14.9 Å². The van der Waals surface area contributed by atoms with Crippen LogP contribution < -0.4 is 5.32 Å². The largest absolute Gasteiger partial charge is 0.380 e. The van der Waals surface area contributed by atoms with Crippen LogP contribution in [0.1, 0.15) is 31.9 Å². The summed E-state index contributed by atoms with van der Waals surface area (Å²) in [6.45, 7) is 6.60. The molecule has 0 radical (unpaired) electrons. The van der Waals surface area contributed by atoms with Crippen LogP contribution in [-0.2, 0) is 4.74 Å². The lowest BCUT2D eigenvalue weighted by Crippen LogP contribution is -2.26. The van der Waals surface area contributed by atoms with Crippen LogP contribution in [-0.4, -0.2) is 29.4 Å². The highest BCUT2D eigenvalue weighted by Crippen LogP contribution is 2.19. The molecule has 0 spiro atoms. The Morgan fingerprint density at radius 3 is 3.06 bits per heavy atom. The van der Waals surface area contributed by atoms with Crippen LogP contribution in [0.4, 0.5) is 0 Å². The molecule has 2 aromatic rings. The van der Waals surface area contributed by atoms with Gasteiger partial charge in [-0.25, -0.2) is 4.52 Å². The Morgan fingerprint density at radius 1 is 1.39 bits per heavy atom. The Hall–Kier alpha value is -1.39. The SMILES string of the molecule is CCCNC(COCC)c1cnn2ccccc12. The summed E-state index contributed by atoms with van der Waals surface area (Å²) >= 11 is 0. The van der Waals surface area contributed by atoms with Crippen LogP contribution in [0.25, 0.3) is 5.52 Å². The summed E-state index contributed by atoms with van der Waals surface area (Å²) in [6.07, 6.45) is 5.01. The summed E-state index contributed by atoms with van der Waals surface area (Å²) in [5.74, 6) is 0. The predicted molar refractivity (Wildman–Crippen MR) is 72.7 cm³/mol. The average Bonchev–Trinajstić information content (AvgIpc) is 2.83. The first-order chi connectivity index (χ1) is 8.86. The van der Waals surface area contributed by atoms with Crippen molar-refractivity contribution in [2.45, 2.75) is 26.3 Å². The van der Waals surface area contributed by atoms with E-state index in [4.69, 9.17) is 4.74 Å².